The first-order chi connectivity index (χ1) is 9.06. The van der Waals surface area contributed by atoms with E-state index in [1.54, 1.807) is 17.4 Å². The molecule has 2 aromatic rings. The number of aryl methyl sites for hydroxylation is 1. The van der Waals surface area contributed by atoms with Gasteiger partial charge in [-0.1, -0.05) is 17.7 Å². The van der Waals surface area contributed by atoms with Crippen LogP contribution in [0.5, 0.6) is 0 Å². The zero-order chi connectivity index (χ0) is 13.8. The molecule has 0 amide bonds. The molecule has 1 aromatic heterocycles. The van der Waals surface area contributed by atoms with Crippen molar-refractivity contribution in [2.24, 2.45) is 0 Å². The summed E-state index contributed by atoms with van der Waals surface area (Å²) in [5.74, 6) is -0.174. The Kier molecular flexibility index (Phi) is 5.39. The van der Waals surface area contributed by atoms with Crippen LogP contribution in [0.25, 0.3) is 0 Å². The maximum Gasteiger partial charge on any atom is 0.123 e. The van der Waals surface area contributed by atoms with Gasteiger partial charge in [-0.3, -0.25) is 0 Å². The van der Waals surface area contributed by atoms with Gasteiger partial charge in [0.2, 0.25) is 0 Å². The lowest BCUT2D eigenvalue weighted by atomic mass is 10.1. The Bertz CT molecular complexity index is 551. The molecule has 0 aliphatic rings. The van der Waals surface area contributed by atoms with E-state index in [-0.39, 0.29) is 5.82 Å². The standard InChI is InChI=1S/C14H14BrClFNS/c1-9-6-11(17)3-2-10(9)4-5-18-8-12-7-13(15)14(16)19-12/h2-3,6-7,18H,4-5,8H2,1H3. The molecule has 0 spiro atoms. The minimum absolute atomic E-state index is 0.174. The molecule has 1 nitrogen and oxygen atoms in total. The third-order valence-corrected chi connectivity index (χ3v) is 5.35. The third kappa shape index (κ3) is 4.28. The van der Waals surface area contributed by atoms with Crippen molar-refractivity contribution in [2.75, 3.05) is 6.54 Å². The van der Waals surface area contributed by atoms with Crippen molar-refractivity contribution in [1.82, 2.24) is 5.32 Å². The Morgan fingerprint density at radius 2 is 2.16 bits per heavy atom. The fraction of sp³-hybridized carbons (Fsp3) is 0.286. The third-order valence-electron chi connectivity index (χ3n) is 2.87. The Morgan fingerprint density at radius 1 is 1.37 bits per heavy atom. The Labute approximate surface area is 129 Å². The molecule has 0 unspecified atom stereocenters. The van der Waals surface area contributed by atoms with Crippen LogP contribution in [-0.2, 0) is 13.0 Å². The van der Waals surface area contributed by atoms with Crippen LogP contribution in [0.1, 0.15) is 16.0 Å². The molecular formula is C14H14BrClFNS. The molecule has 19 heavy (non-hydrogen) atoms. The van der Waals surface area contributed by atoms with Gasteiger partial charge in [-0.05, 0) is 65.1 Å². The minimum atomic E-state index is -0.174. The molecule has 0 atom stereocenters. The van der Waals surface area contributed by atoms with E-state index in [0.29, 0.717) is 0 Å². The van der Waals surface area contributed by atoms with Crippen LogP contribution < -0.4 is 5.32 Å². The highest BCUT2D eigenvalue weighted by molar-refractivity contribution is 9.10. The summed E-state index contributed by atoms with van der Waals surface area (Å²) in [5, 5.41) is 3.37. The van der Waals surface area contributed by atoms with Crippen LogP contribution in [0.3, 0.4) is 0 Å². The summed E-state index contributed by atoms with van der Waals surface area (Å²) in [6, 6.07) is 6.97. The van der Waals surface area contributed by atoms with Gasteiger partial charge in [0.1, 0.15) is 10.2 Å². The quantitative estimate of drug-likeness (QED) is 0.743. The Morgan fingerprint density at radius 3 is 2.79 bits per heavy atom. The summed E-state index contributed by atoms with van der Waals surface area (Å²) in [5.41, 5.74) is 2.18. The van der Waals surface area contributed by atoms with Crippen molar-refractivity contribution in [1.29, 1.82) is 0 Å². The Balaban J connectivity index is 1.80. The van der Waals surface area contributed by atoms with E-state index in [0.717, 1.165) is 33.9 Å². The van der Waals surface area contributed by atoms with Gasteiger partial charge in [-0.25, -0.2) is 4.39 Å². The van der Waals surface area contributed by atoms with Crippen molar-refractivity contribution in [3.8, 4) is 0 Å². The van der Waals surface area contributed by atoms with E-state index in [4.69, 9.17) is 11.6 Å². The zero-order valence-corrected chi connectivity index (χ0v) is 13.6. The molecule has 0 saturated heterocycles. The summed E-state index contributed by atoms with van der Waals surface area (Å²) in [6.07, 6.45) is 0.895. The zero-order valence-electron chi connectivity index (χ0n) is 10.5. The van der Waals surface area contributed by atoms with Gasteiger partial charge in [0.25, 0.3) is 0 Å². The largest absolute Gasteiger partial charge is 0.312 e. The van der Waals surface area contributed by atoms with Gasteiger partial charge in [-0.15, -0.1) is 11.3 Å². The molecule has 102 valence electrons. The van der Waals surface area contributed by atoms with Gasteiger partial charge in [0.15, 0.2) is 0 Å². The van der Waals surface area contributed by atoms with E-state index in [9.17, 15) is 4.39 Å². The van der Waals surface area contributed by atoms with Crippen LogP contribution in [-0.4, -0.2) is 6.54 Å². The van der Waals surface area contributed by atoms with Crippen molar-refractivity contribution in [2.45, 2.75) is 19.9 Å². The van der Waals surface area contributed by atoms with Crippen molar-refractivity contribution in [3.63, 3.8) is 0 Å². The second kappa shape index (κ2) is 6.84. The maximum absolute atomic E-state index is 13.0. The second-order valence-corrected chi connectivity index (χ2v) is 6.93. The van der Waals surface area contributed by atoms with Gasteiger partial charge < -0.3 is 5.32 Å². The summed E-state index contributed by atoms with van der Waals surface area (Å²) in [7, 11) is 0. The first-order valence-electron chi connectivity index (χ1n) is 5.95. The SMILES string of the molecule is Cc1cc(F)ccc1CCNCc1cc(Br)c(Cl)s1. The predicted octanol–water partition coefficient (Wildman–Crippen LogP) is 4.94. The lowest BCUT2D eigenvalue weighted by molar-refractivity contribution is 0.624. The molecule has 0 bridgehead atoms. The molecule has 1 aromatic carbocycles. The number of hydrogen-bond donors (Lipinski definition) is 1. The average molecular weight is 363 g/mol. The number of benzene rings is 1. The summed E-state index contributed by atoms with van der Waals surface area (Å²) >= 11 is 10.9. The maximum atomic E-state index is 13.0. The van der Waals surface area contributed by atoms with Crippen LogP contribution in [0.2, 0.25) is 4.34 Å². The Hall–Kier alpha value is -0.420. The first-order valence-corrected chi connectivity index (χ1v) is 7.94. The minimum Gasteiger partial charge on any atom is -0.312 e. The summed E-state index contributed by atoms with van der Waals surface area (Å²) in [6.45, 7) is 3.60. The highest BCUT2D eigenvalue weighted by Gasteiger charge is 2.04. The van der Waals surface area contributed by atoms with E-state index in [1.165, 1.54) is 16.5 Å². The van der Waals surface area contributed by atoms with Gasteiger partial charge in [0, 0.05) is 15.9 Å². The number of thiophene rings is 1. The van der Waals surface area contributed by atoms with Crippen molar-refractivity contribution >= 4 is 38.9 Å². The topological polar surface area (TPSA) is 12.0 Å². The predicted molar refractivity (Wildman–Crippen MR) is 83.6 cm³/mol. The molecule has 0 saturated carbocycles. The van der Waals surface area contributed by atoms with Crippen molar-refractivity contribution in [3.05, 3.63) is 54.9 Å². The van der Waals surface area contributed by atoms with Crippen LogP contribution in [0.15, 0.2) is 28.7 Å². The van der Waals surface area contributed by atoms with Crippen LogP contribution in [0, 0.1) is 12.7 Å². The molecule has 0 aliphatic carbocycles. The number of hydrogen-bond acceptors (Lipinski definition) is 2. The van der Waals surface area contributed by atoms with Crippen LogP contribution >= 0.6 is 38.9 Å². The molecule has 2 rings (SSSR count). The molecule has 0 fully saturated rings. The van der Waals surface area contributed by atoms with E-state index >= 15 is 0 Å². The lowest BCUT2D eigenvalue weighted by Crippen LogP contribution is -2.16. The molecular weight excluding hydrogens is 349 g/mol. The fourth-order valence-corrected chi connectivity index (χ4v) is 3.61. The monoisotopic (exact) mass is 361 g/mol. The normalized spacial score (nSPS) is 10.9. The molecule has 1 N–H and O–H groups in total. The second-order valence-electron chi connectivity index (χ2n) is 4.33. The van der Waals surface area contributed by atoms with Gasteiger partial charge >= 0.3 is 0 Å². The summed E-state index contributed by atoms with van der Waals surface area (Å²) in [4.78, 5) is 1.20. The summed E-state index contributed by atoms with van der Waals surface area (Å²) < 4.78 is 14.7. The number of rotatable bonds is 5. The lowest BCUT2D eigenvalue weighted by Gasteiger charge is -2.06. The fourth-order valence-electron chi connectivity index (χ4n) is 1.85. The van der Waals surface area contributed by atoms with E-state index in [1.807, 2.05) is 19.1 Å². The smallest absolute Gasteiger partial charge is 0.123 e. The molecule has 0 radical (unpaired) electrons. The van der Waals surface area contributed by atoms with Gasteiger partial charge in [-0.2, -0.15) is 0 Å². The highest BCUT2D eigenvalue weighted by atomic mass is 79.9. The highest BCUT2D eigenvalue weighted by Crippen LogP contribution is 2.31. The first kappa shape index (κ1) is 15.0. The van der Waals surface area contributed by atoms with Gasteiger partial charge in [0.05, 0.1) is 0 Å². The number of halogens is 3. The number of nitrogens with one attached hydrogen (secondary N) is 1. The van der Waals surface area contributed by atoms with E-state index in [2.05, 4.69) is 21.2 Å². The molecule has 5 heteroatoms. The van der Waals surface area contributed by atoms with E-state index < -0.39 is 0 Å². The molecule has 1 heterocycles. The average Bonchev–Trinajstić information content (AvgIpc) is 2.66. The van der Waals surface area contributed by atoms with Crippen molar-refractivity contribution < 1.29 is 4.39 Å². The molecule has 0 aliphatic heterocycles. The van der Waals surface area contributed by atoms with Crippen LogP contribution in [0.4, 0.5) is 4.39 Å².